The normalized spacial score (nSPS) is 22.2. The monoisotopic (exact) mass is 314 g/mol. The molecule has 1 aromatic carbocycles. The predicted molar refractivity (Wildman–Crippen MR) is 79.8 cm³/mol. The number of amides is 2. The number of anilines is 1. The van der Waals surface area contributed by atoms with Crippen molar-refractivity contribution in [3.63, 3.8) is 0 Å². The number of hydrogen-bond acceptors (Lipinski definition) is 1. The first-order valence-electron chi connectivity index (χ1n) is 7.61. The van der Waals surface area contributed by atoms with Gasteiger partial charge in [0.2, 0.25) is 0 Å². The van der Waals surface area contributed by atoms with E-state index in [1.165, 1.54) is 0 Å². The topological polar surface area (TPSA) is 41.1 Å². The zero-order valence-electron chi connectivity index (χ0n) is 12.5. The van der Waals surface area contributed by atoms with Crippen LogP contribution < -0.4 is 10.6 Å². The van der Waals surface area contributed by atoms with E-state index in [0.717, 1.165) is 12.0 Å². The van der Waals surface area contributed by atoms with Crippen LogP contribution in [0.5, 0.6) is 0 Å². The van der Waals surface area contributed by atoms with Gasteiger partial charge in [-0.2, -0.15) is 13.2 Å². The lowest BCUT2D eigenvalue weighted by Gasteiger charge is -2.30. The maximum atomic E-state index is 12.6. The summed E-state index contributed by atoms with van der Waals surface area (Å²) in [5.41, 5.74) is 1.81. The first-order valence-corrected chi connectivity index (χ1v) is 7.61. The summed E-state index contributed by atoms with van der Waals surface area (Å²) >= 11 is 0. The van der Waals surface area contributed by atoms with Crippen LogP contribution in [0.4, 0.5) is 23.7 Å². The zero-order valence-corrected chi connectivity index (χ0v) is 12.5. The lowest BCUT2D eigenvalue weighted by molar-refractivity contribution is -0.182. The highest BCUT2D eigenvalue weighted by atomic mass is 19.4. The van der Waals surface area contributed by atoms with E-state index in [4.69, 9.17) is 0 Å². The van der Waals surface area contributed by atoms with E-state index in [-0.39, 0.29) is 24.9 Å². The third-order valence-electron chi connectivity index (χ3n) is 4.12. The van der Waals surface area contributed by atoms with Gasteiger partial charge in [0.1, 0.15) is 0 Å². The van der Waals surface area contributed by atoms with Gasteiger partial charge >= 0.3 is 12.2 Å². The average molecular weight is 314 g/mol. The summed E-state index contributed by atoms with van der Waals surface area (Å²) < 4.78 is 37.8. The molecule has 0 unspecified atom stereocenters. The number of benzene rings is 1. The van der Waals surface area contributed by atoms with Crippen LogP contribution in [0.15, 0.2) is 24.3 Å². The number of rotatable bonds is 3. The maximum absolute atomic E-state index is 12.6. The van der Waals surface area contributed by atoms with Crippen LogP contribution in [0.25, 0.3) is 0 Å². The van der Waals surface area contributed by atoms with Gasteiger partial charge in [0.15, 0.2) is 0 Å². The second-order valence-electron chi connectivity index (χ2n) is 5.74. The first kappa shape index (κ1) is 16.6. The van der Waals surface area contributed by atoms with Gasteiger partial charge in [0.05, 0.1) is 5.92 Å². The Bertz CT molecular complexity index is 508. The summed E-state index contributed by atoms with van der Waals surface area (Å²) in [7, 11) is 0. The van der Waals surface area contributed by atoms with Crippen molar-refractivity contribution in [2.45, 2.75) is 51.2 Å². The van der Waals surface area contributed by atoms with Crippen molar-refractivity contribution < 1.29 is 18.0 Å². The molecule has 0 bridgehead atoms. The lowest BCUT2D eigenvalue weighted by atomic mass is 9.86. The molecule has 6 heteroatoms. The number of aryl methyl sites for hydroxylation is 1. The molecule has 3 nitrogen and oxygen atoms in total. The molecule has 0 heterocycles. The van der Waals surface area contributed by atoms with E-state index < -0.39 is 12.1 Å². The van der Waals surface area contributed by atoms with Crippen molar-refractivity contribution in [2.75, 3.05) is 5.32 Å². The lowest BCUT2D eigenvalue weighted by Crippen LogP contribution is -2.41. The molecule has 1 fully saturated rings. The van der Waals surface area contributed by atoms with Crippen LogP contribution in [-0.2, 0) is 6.42 Å². The Morgan fingerprint density at radius 3 is 2.50 bits per heavy atom. The van der Waals surface area contributed by atoms with Crippen molar-refractivity contribution in [3.05, 3.63) is 29.8 Å². The largest absolute Gasteiger partial charge is 0.391 e. The van der Waals surface area contributed by atoms with Crippen molar-refractivity contribution in [2.24, 2.45) is 5.92 Å². The third-order valence-corrected chi connectivity index (χ3v) is 4.12. The van der Waals surface area contributed by atoms with E-state index in [1.54, 1.807) is 6.07 Å². The van der Waals surface area contributed by atoms with Crippen molar-refractivity contribution in [1.29, 1.82) is 0 Å². The molecular formula is C16H21F3N2O. The summed E-state index contributed by atoms with van der Waals surface area (Å²) in [4.78, 5) is 11.9. The van der Waals surface area contributed by atoms with Crippen LogP contribution in [0.3, 0.4) is 0 Å². The molecule has 1 aliphatic carbocycles. The first-order chi connectivity index (χ1) is 10.4. The second-order valence-corrected chi connectivity index (χ2v) is 5.74. The van der Waals surface area contributed by atoms with E-state index >= 15 is 0 Å². The minimum absolute atomic E-state index is 0.0831. The minimum atomic E-state index is -4.12. The molecule has 2 rings (SSSR count). The Hall–Kier alpha value is -1.72. The standard InChI is InChI=1S/C16H21F3N2O/c1-2-11-4-3-5-14(10-11)21-15(22)20-13-8-6-12(7-9-13)16(17,18)19/h3-5,10,12-13H,2,6-9H2,1H3,(H2,20,21,22). The Morgan fingerprint density at radius 2 is 1.91 bits per heavy atom. The Balaban J connectivity index is 1.81. The van der Waals surface area contributed by atoms with E-state index in [2.05, 4.69) is 10.6 Å². The highest BCUT2D eigenvalue weighted by Gasteiger charge is 2.41. The van der Waals surface area contributed by atoms with Crippen molar-refractivity contribution in [3.8, 4) is 0 Å². The van der Waals surface area contributed by atoms with Gasteiger partial charge in [-0.3, -0.25) is 0 Å². The fourth-order valence-electron chi connectivity index (χ4n) is 2.79. The number of carbonyl (C=O) groups is 1. The summed E-state index contributed by atoms with van der Waals surface area (Å²) in [6.07, 6.45) is -2.34. The fourth-order valence-corrected chi connectivity index (χ4v) is 2.79. The number of carbonyl (C=O) groups excluding carboxylic acids is 1. The van der Waals surface area contributed by atoms with Crippen molar-refractivity contribution in [1.82, 2.24) is 5.32 Å². The molecule has 1 saturated carbocycles. The van der Waals surface area contributed by atoms with Gasteiger partial charge in [-0.05, 0) is 49.8 Å². The van der Waals surface area contributed by atoms with Crippen LogP contribution in [0, 0.1) is 5.92 Å². The summed E-state index contributed by atoms with van der Waals surface area (Å²) in [6.45, 7) is 2.03. The molecule has 0 spiro atoms. The Labute approximate surface area is 128 Å². The zero-order chi connectivity index (χ0) is 16.2. The van der Waals surface area contributed by atoms with E-state index in [0.29, 0.717) is 18.5 Å². The third kappa shape index (κ3) is 4.64. The number of urea groups is 1. The molecule has 0 atom stereocenters. The molecule has 2 N–H and O–H groups in total. The molecule has 0 radical (unpaired) electrons. The van der Waals surface area contributed by atoms with Crippen LogP contribution >= 0.6 is 0 Å². The SMILES string of the molecule is CCc1cccc(NC(=O)NC2CCC(C(F)(F)F)CC2)c1. The van der Waals surface area contributed by atoms with Crippen molar-refractivity contribution >= 4 is 11.7 Å². The van der Waals surface area contributed by atoms with Gasteiger partial charge in [-0.25, -0.2) is 4.79 Å². The van der Waals surface area contributed by atoms with Gasteiger partial charge in [-0.15, -0.1) is 0 Å². The number of halogens is 3. The highest BCUT2D eigenvalue weighted by molar-refractivity contribution is 5.89. The molecular weight excluding hydrogens is 293 g/mol. The van der Waals surface area contributed by atoms with Crippen LogP contribution in [-0.4, -0.2) is 18.2 Å². The molecule has 0 aliphatic heterocycles. The molecule has 1 aliphatic rings. The Morgan fingerprint density at radius 1 is 1.23 bits per heavy atom. The molecule has 1 aromatic rings. The predicted octanol–water partition coefficient (Wildman–Crippen LogP) is 4.49. The quantitative estimate of drug-likeness (QED) is 0.848. The van der Waals surface area contributed by atoms with Gasteiger partial charge in [-0.1, -0.05) is 19.1 Å². The number of nitrogens with one attached hydrogen (secondary N) is 2. The van der Waals surface area contributed by atoms with Gasteiger partial charge < -0.3 is 10.6 Å². The Kier molecular flexibility index (Phi) is 5.32. The average Bonchev–Trinajstić information content (AvgIpc) is 2.47. The smallest absolute Gasteiger partial charge is 0.335 e. The summed E-state index contributed by atoms with van der Waals surface area (Å²) in [5, 5.41) is 5.49. The summed E-state index contributed by atoms with van der Waals surface area (Å²) in [5.74, 6) is -1.23. The number of alkyl halides is 3. The van der Waals surface area contributed by atoms with Gasteiger partial charge in [0, 0.05) is 11.7 Å². The maximum Gasteiger partial charge on any atom is 0.391 e. The van der Waals surface area contributed by atoms with Gasteiger partial charge in [0.25, 0.3) is 0 Å². The molecule has 122 valence electrons. The highest BCUT2D eigenvalue weighted by Crippen LogP contribution is 2.37. The fraction of sp³-hybridized carbons (Fsp3) is 0.562. The molecule has 0 saturated heterocycles. The molecule has 0 aromatic heterocycles. The minimum Gasteiger partial charge on any atom is -0.335 e. The van der Waals surface area contributed by atoms with E-state index in [9.17, 15) is 18.0 Å². The molecule has 2 amide bonds. The second kappa shape index (κ2) is 7.03. The van der Waals surface area contributed by atoms with Crippen LogP contribution in [0.1, 0.15) is 38.2 Å². The summed E-state index contributed by atoms with van der Waals surface area (Å²) in [6, 6.07) is 6.97. The van der Waals surface area contributed by atoms with Crippen LogP contribution in [0.2, 0.25) is 0 Å². The van der Waals surface area contributed by atoms with E-state index in [1.807, 2.05) is 25.1 Å². The molecule has 22 heavy (non-hydrogen) atoms. The number of hydrogen-bond donors (Lipinski definition) is 2.